The van der Waals surface area contributed by atoms with Gasteiger partial charge in [-0.1, -0.05) is 38.5 Å². The van der Waals surface area contributed by atoms with E-state index in [4.69, 9.17) is 0 Å². The van der Waals surface area contributed by atoms with Crippen LogP contribution in [-0.4, -0.2) is 19.6 Å². The summed E-state index contributed by atoms with van der Waals surface area (Å²) in [5.74, 6) is 0.914. The van der Waals surface area contributed by atoms with E-state index >= 15 is 0 Å². The van der Waals surface area contributed by atoms with Crippen LogP contribution < -0.4 is 10.2 Å². The number of para-hydroxylation sites is 1. The molecule has 2 heteroatoms. The van der Waals surface area contributed by atoms with E-state index in [1.807, 2.05) is 0 Å². The van der Waals surface area contributed by atoms with E-state index < -0.39 is 0 Å². The number of anilines is 1. The fraction of sp³-hybridized carbons (Fsp3) is 0.625. The van der Waals surface area contributed by atoms with Gasteiger partial charge in [-0.3, -0.25) is 0 Å². The summed E-state index contributed by atoms with van der Waals surface area (Å²) >= 11 is 0. The predicted molar refractivity (Wildman–Crippen MR) is 79.1 cm³/mol. The quantitative estimate of drug-likeness (QED) is 0.825. The zero-order valence-electron chi connectivity index (χ0n) is 11.9. The van der Waals surface area contributed by atoms with E-state index in [-0.39, 0.29) is 0 Å². The molecule has 1 fully saturated rings. The molecule has 0 aromatic heterocycles. The van der Waals surface area contributed by atoms with E-state index in [2.05, 4.69) is 55.3 Å². The average Bonchev–Trinajstić information content (AvgIpc) is 2.34. The van der Waals surface area contributed by atoms with Gasteiger partial charge in [0.2, 0.25) is 0 Å². The fourth-order valence-electron chi connectivity index (χ4n) is 2.92. The van der Waals surface area contributed by atoms with Crippen molar-refractivity contribution in [2.75, 3.05) is 24.5 Å². The van der Waals surface area contributed by atoms with Crippen molar-refractivity contribution in [3.05, 3.63) is 29.8 Å². The van der Waals surface area contributed by atoms with Gasteiger partial charge in [0.1, 0.15) is 0 Å². The van der Waals surface area contributed by atoms with Crippen molar-refractivity contribution in [1.29, 1.82) is 0 Å². The van der Waals surface area contributed by atoms with Crippen LogP contribution in [0.2, 0.25) is 0 Å². The molecule has 1 saturated heterocycles. The molecule has 0 spiro atoms. The van der Waals surface area contributed by atoms with E-state index in [0.717, 1.165) is 12.5 Å². The van der Waals surface area contributed by atoms with Gasteiger partial charge in [0.05, 0.1) is 0 Å². The Hall–Kier alpha value is -1.02. The molecule has 18 heavy (non-hydrogen) atoms. The number of hydrogen-bond acceptors (Lipinski definition) is 2. The maximum absolute atomic E-state index is 3.51. The van der Waals surface area contributed by atoms with Gasteiger partial charge in [0.25, 0.3) is 0 Å². The van der Waals surface area contributed by atoms with Crippen LogP contribution in [0.15, 0.2) is 24.3 Å². The van der Waals surface area contributed by atoms with Crippen LogP contribution in [0.4, 0.5) is 5.69 Å². The number of rotatable bonds is 6. The maximum atomic E-state index is 3.51. The molecule has 1 aliphatic heterocycles. The summed E-state index contributed by atoms with van der Waals surface area (Å²) in [7, 11) is 0. The molecule has 1 aromatic carbocycles. The van der Waals surface area contributed by atoms with E-state index in [0.29, 0.717) is 6.04 Å². The standard InChI is InChI=1S/C16H26N2/c1-4-8-14-11-18(12-14)16-10-7-6-9-15(16)13(3)17-5-2/h6-7,9-10,13-14,17H,4-5,8,11-12H2,1-3H3. The summed E-state index contributed by atoms with van der Waals surface area (Å²) < 4.78 is 0. The summed E-state index contributed by atoms with van der Waals surface area (Å²) in [4.78, 5) is 2.53. The highest BCUT2D eigenvalue weighted by atomic mass is 15.2. The Morgan fingerprint density at radius 3 is 2.67 bits per heavy atom. The van der Waals surface area contributed by atoms with Gasteiger partial charge in [-0.25, -0.2) is 0 Å². The molecule has 0 saturated carbocycles. The first kappa shape index (κ1) is 13.4. The van der Waals surface area contributed by atoms with Gasteiger partial charge in [-0.2, -0.15) is 0 Å². The molecule has 1 unspecified atom stereocenters. The summed E-state index contributed by atoms with van der Waals surface area (Å²) in [6, 6.07) is 9.28. The van der Waals surface area contributed by atoms with Gasteiger partial charge in [0, 0.05) is 24.8 Å². The van der Waals surface area contributed by atoms with E-state index in [9.17, 15) is 0 Å². The number of hydrogen-bond donors (Lipinski definition) is 1. The van der Waals surface area contributed by atoms with Gasteiger partial charge in [0.15, 0.2) is 0 Å². The third-order valence-electron chi connectivity index (χ3n) is 3.91. The second-order valence-electron chi connectivity index (χ2n) is 5.40. The highest BCUT2D eigenvalue weighted by Crippen LogP contribution is 2.32. The van der Waals surface area contributed by atoms with Crippen LogP contribution >= 0.6 is 0 Å². The molecule has 100 valence electrons. The molecular formula is C16H26N2. The second-order valence-corrected chi connectivity index (χ2v) is 5.40. The van der Waals surface area contributed by atoms with Crippen LogP contribution in [-0.2, 0) is 0 Å². The Kier molecular flexibility index (Phi) is 4.65. The normalized spacial score (nSPS) is 17.6. The molecule has 1 atom stereocenters. The Morgan fingerprint density at radius 2 is 2.00 bits per heavy atom. The molecule has 2 rings (SSSR count). The Bertz CT molecular complexity index is 369. The minimum absolute atomic E-state index is 0.441. The average molecular weight is 246 g/mol. The molecule has 2 nitrogen and oxygen atoms in total. The van der Waals surface area contributed by atoms with Crippen LogP contribution in [0.25, 0.3) is 0 Å². The monoisotopic (exact) mass is 246 g/mol. The van der Waals surface area contributed by atoms with Gasteiger partial charge in [-0.05, 0) is 37.4 Å². The largest absolute Gasteiger partial charge is 0.371 e. The lowest BCUT2D eigenvalue weighted by Gasteiger charge is -2.42. The van der Waals surface area contributed by atoms with Crippen LogP contribution in [0.1, 0.15) is 45.2 Å². The zero-order chi connectivity index (χ0) is 13.0. The van der Waals surface area contributed by atoms with Crippen molar-refractivity contribution in [3.8, 4) is 0 Å². The maximum Gasteiger partial charge on any atom is 0.0414 e. The molecule has 0 amide bonds. The van der Waals surface area contributed by atoms with E-state index in [1.54, 1.807) is 0 Å². The molecule has 1 N–H and O–H groups in total. The van der Waals surface area contributed by atoms with Gasteiger partial charge < -0.3 is 10.2 Å². The summed E-state index contributed by atoms with van der Waals surface area (Å²) in [5.41, 5.74) is 2.87. The number of benzene rings is 1. The first-order valence-electron chi connectivity index (χ1n) is 7.33. The number of nitrogens with zero attached hydrogens (tertiary/aromatic N) is 1. The SMILES string of the molecule is CCCC1CN(c2ccccc2C(C)NCC)C1. The van der Waals surface area contributed by atoms with Crippen molar-refractivity contribution in [1.82, 2.24) is 5.32 Å². The molecule has 1 heterocycles. The minimum Gasteiger partial charge on any atom is -0.371 e. The van der Waals surface area contributed by atoms with E-state index in [1.165, 1.54) is 37.2 Å². The lowest BCUT2D eigenvalue weighted by Crippen LogP contribution is -2.47. The van der Waals surface area contributed by atoms with Crippen LogP contribution in [0.5, 0.6) is 0 Å². The van der Waals surface area contributed by atoms with Gasteiger partial charge >= 0.3 is 0 Å². The van der Waals surface area contributed by atoms with Crippen molar-refractivity contribution in [2.45, 2.75) is 39.7 Å². The summed E-state index contributed by atoms with van der Waals surface area (Å²) in [5, 5.41) is 3.51. The molecule has 0 aliphatic carbocycles. The molecule has 1 aliphatic rings. The smallest absolute Gasteiger partial charge is 0.0414 e. The predicted octanol–water partition coefficient (Wildman–Crippen LogP) is 3.59. The van der Waals surface area contributed by atoms with Crippen molar-refractivity contribution in [3.63, 3.8) is 0 Å². The highest BCUT2D eigenvalue weighted by Gasteiger charge is 2.27. The van der Waals surface area contributed by atoms with Crippen LogP contribution in [0, 0.1) is 5.92 Å². The lowest BCUT2D eigenvalue weighted by atomic mass is 9.92. The lowest BCUT2D eigenvalue weighted by molar-refractivity contribution is 0.379. The first-order chi connectivity index (χ1) is 8.76. The fourth-order valence-corrected chi connectivity index (χ4v) is 2.92. The minimum atomic E-state index is 0.441. The summed E-state index contributed by atoms with van der Waals surface area (Å²) in [6.07, 6.45) is 2.69. The third kappa shape index (κ3) is 2.86. The molecule has 0 radical (unpaired) electrons. The molecule has 1 aromatic rings. The molecular weight excluding hydrogens is 220 g/mol. The summed E-state index contributed by atoms with van der Waals surface area (Å²) in [6.45, 7) is 10.2. The topological polar surface area (TPSA) is 15.3 Å². The van der Waals surface area contributed by atoms with Crippen molar-refractivity contribution >= 4 is 5.69 Å². The molecule has 0 bridgehead atoms. The Balaban J connectivity index is 2.05. The Morgan fingerprint density at radius 1 is 1.28 bits per heavy atom. The van der Waals surface area contributed by atoms with Crippen molar-refractivity contribution in [2.24, 2.45) is 5.92 Å². The van der Waals surface area contributed by atoms with Crippen molar-refractivity contribution < 1.29 is 0 Å². The zero-order valence-corrected chi connectivity index (χ0v) is 11.9. The van der Waals surface area contributed by atoms with Gasteiger partial charge in [-0.15, -0.1) is 0 Å². The third-order valence-corrected chi connectivity index (χ3v) is 3.91. The Labute approximate surface area is 111 Å². The first-order valence-corrected chi connectivity index (χ1v) is 7.33. The number of nitrogens with one attached hydrogen (secondary N) is 1. The van der Waals surface area contributed by atoms with Crippen LogP contribution in [0.3, 0.4) is 0 Å². The second kappa shape index (κ2) is 6.24. The highest BCUT2D eigenvalue weighted by molar-refractivity contribution is 5.56.